The van der Waals surface area contributed by atoms with Gasteiger partial charge < -0.3 is 5.11 Å². The average molecular weight is 177 g/mol. The molecule has 5 heteroatoms. The highest BCUT2D eigenvalue weighted by Crippen LogP contribution is 2.22. The van der Waals surface area contributed by atoms with Crippen LogP contribution in [0.5, 0.6) is 5.75 Å². The zero-order chi connectivity index (χ0) is 9.19. The molecule has 0 atom stereocenters. The van der Waals surface area contributed by atoms with Crippen LogP contribution in [0.15, 0.2) is 24.3 Å². The second kappa shape index (κ2) is 2.92. The fraction of sp³-hybridized carbons (Fsp3) is 0.143. The Kier molecular flexibility index (Phi) is 2.12. The normalized spacial score (nSPS) is 11.2. The van der Waals surface area contributed by atoms with Gasteiger partial charge in [-0.05, 0) is 12.1 Å². The van der Waals surface area contributed by atoms with E-state index in [1.54, 1.807) is 0 Å². The molecule has 12 heavy (non-hydrogen) atoms. The Morgan fingerprint density at radius 1 is 1.25 bits per heavy atom. The Hall–Kier alpha value is -1.39. The van der Waals surface area contributed by atoms with Crippen molar-refractivity contribution in [1.82, 2.24) is 0 Å². The van der Waals surface area contributed by atoms with Gasteiger partial charge in [-0.1, -0.05) is 6.07 Å². The molecule has 0 spiro atoms. The van der Waals surface area contributed by atoms with Gasteiger partial charge in [0.2, 0.25) is 0 Å². The molecule has 0 heterocycles. The van der Waals surface area contributed by atoms with Crippen LogP contribution in [0, 0.1) is 0 Å². The van der Waals surface area contributed by atoms with E-state index in [0.29, 0.717) is 0 Å². The Balaban J connectivity index is 2.77. The van der Waals surface area contributed by atoms with Crippen LogP contribution in [0.3, 0.4) is 0 Å². The van der Waals surface area contributed by atoms with Crippen LogP contribution in [0.25, 0.3) is 0 Å². The maximum absolute atomic E-state index is 11.7. The van der Waals surface area contributed by atoms with Gasteiger partial charge in [0.1, 0.15) is 5.75 Å². The first-order valence-electron chi connectivity index (χ1n) is 3.11. The SMILES string of the molecule is Oc1cccc(NC(F)(F)F)c1. The lowest BCUT2D eigenvalue weighted by atomic mass is 10.3. The number of rotatable bonds is 1. The van der Waals surface area contributed by atoms with E-state index in [0.717, 1.165) is 6.07 Å². The number of phenolic OH excluding ortho intramolecular Hbond substituents is 1. The molecule has 0 fully saturated rings. The Morgan fingerprint density at radius 3 is 2.42 bits per heavy atom. The summed E-state index contributed by atoms with van der Waals surface area (Å²) in [6.07, 6.45) is -4.46. The zero-order valence-corrected chi connectivity index (χ0v) is 5.89. The smallest absolute Gasteiger partial charge is 0.482 e. The molecule has 0 unspecified atom stereocenters. The lowest BCUT2D eigenvalue weighted by Crippen LogP contribution is -2.20. The van der Waals surface area contributed by atoms with Crippen LogP contribution in [0.4, 0.5) is 18.9 Å². The summed E-state index contributed by atoms with van der Waals surface area (Å²) in [6, 6.07) is 4.83. The molecule has 1 aromatic carbocycles. The van der Waals surface area contributed by atoms with Gasteiger partial charge in [-0.3, -0.25) is 5.32 Å². The highest BCUT2D eigenvalue weighted by molar-refractivity contribution is 5.48. The first-order chi connectivity index (χ1) is 5.47. The van der Waals surface area contributed by atoms with Crippen LogP contribution in [0.2, 0.25) is 0 Å². The molecule has 66 valence electrons. The number of benzene rings is 1. The van der Waals surface area contributed by atoms with E-state index in [9.17, 15) is 13.2 Å². The van der Waals surface area contributed by atoms with Crippen molar-refractivity contribution in [3.8, 4) is 5.75 Å². The Bertz CT molecular complexity index is 272. The molecular formula is C7H6F3NO. The summed E-state index contributed by atoms with van der Waals surface area (Å²) in [7, 11) is 0. The second-order valence-electron chi connectivity index (χ2n) is 2.17. The van der Waals surface area contributed by atoms with Crippen molar-refractivity contribution >= 4 is 5.69 Å². The van der Waals surface area contributed by atoms with E-state index in [1.165, 1.54) is 23.5 Å². The molecule has 0 amide bonds. The Morgan fingerprint density at radius 2 is 1.92 bits per heavy atom. The standard InChI is InChI=1S/C7H6F3NO/c8-7(9,10)11-5-2-1-3-6(12)4-5/h1-4,11-12H. The quantitative estimate of drug-likeness (QED) is 0.645. The topological polar surface area (TPSA) is 32.3 Å². The predicted molar refractivity (Wildman–Crippen MR) is 37.8 cm³/mol. The largest absolute Gasteiger partial charge is 0.508 e. The Labute approximate surface area is 66.6 Å². The minimum absolute atomic E-state index is 0.178. The van der Waals surface area contributed by atoms with Crippen molar-refractivity contribution in [2.75, 3.05) is 5.32 Å². The molecule has 0 aromatic heterocycles. The van der Waals surface area contributed by atoms with Gasteiger partial charge >= 0.3 is 6.30 Å². The molecule has 2 nitrogen and oxygen atoms in total. The highest BCUT2D eigenvalue weighted by atomic mass is 19.4. The third kappa shape index (κ3) is 2.69. The molecule has 0 bridgehead atoms. The molecular weight excluding hydrogens is 171 g/mol. The predicted octanol–water partition coefficient (Wildman–Crippen LogP) is 2.32. The highest BCUT2D eigenvalue weighted by Gasteiger charge is 2.26. The maximum atomic E-state index is 11.7. The molecule has 0 saturated heterocycles. The zero-order valence-electron chi connectivity index (χ0n) is 5.89. The molecule has 0 aliphatic heterocycles. The number of hydrogen-bond donors (Lipinski definition) is 2. The fourth-order valence-corrected chi connectivity index (χ4v) is 0.747. The summed E-state index contributed by atoms with van der Waals surface area (Å²) >= 11 is 0. The molecule has 0 aliphatic rings. The van der Waals surface area contributed by atoms with Gasteiger partial charge in [0.05, 0.1) is 0 Å². The monoisotopic (exact) mass is 177 g/mol. The number of hydrogen-bond acceptors (Lipinski definition) is 2. The summed E-state index contributed by atoms with van der Waals surface area (Å²) in [5, 5.41) is 10.1. The molecule has 0 radical (unpaired) electrons. The second-order valence-corrected chi connectivity index (χ2v) is 2.17. The van der Waals surface area contributed by atoms with Gasteiger partial charge in [-0.15, -0.1) is 0 Å². The summed E-state index contributed by atoms with van der Waals surface area (Å²) in [5.41, 5.74) is -0.178. The van der Waals surface area contributed by atoms with Gasteiger partial charge in [-0.2, -0.15) is 13.2 Å². The van der Waals surface area contributed by atoms with Gasteiger partial charge in [-0.25, -0.2) is 0 Å². The van der Waals surface area contributed by atoms with Crippen molar-refractivity contribution in [2.24, 2.45) is 0 Å². The van der Waals surface area contributed by atoms with E-state index in [1.807, 2.05) is 0 Å². The molecule has 0 saturated carbocycles. The van der Waals surface area contributed by atoms with Crippen molar-refractivity contribution < 1.29 is 18.3 Å². The number of alkyl halides is 3. The number of aromatic hydroxyl groups is 1. The summed E-state index contributed by atoms with van der Waals surface area (Å²) in [4.78, 5) is 0. The van der Waals surface area contributed by atoms with Crippen LogP contribution in [0.1, 0.15) is 0 Å². The van der Waals surface area contributed by atoms with E-state index in [-0.39, 0.29) is 11.4 Å². The summed E-state index contributed by atoms with van der Waals surface area (Å²) in [5.74, 6) is -0.204. The molecule has 1 rings (SSSR count). The fourth-order valence-electron chi connectivity index (χ4n) is 0.747. The van der Waals surface area contributed by atoms with Crippen LogP contribution >= 0.6 is 0 Å². The van der Waals surface area contributed by atoms with Gasteiger partial charge in [0, 0.05) is 11.8 Å². The third-order valence-corrected chi connectivity index (χ3v) is 1.13. The van der Waals surface area contributed by atoms with E-state index in [2.05, 4.69) is 0 Å². The molecule has 0 aliphatic carbocycles. The van der Waals surface area contributed by atoms with Crippen LogP contribution < -0.4 is 5.32 Å². The lowest BCUT2D eigenvalue weighted by molar-refractivity contribution is -0.0999. The van der Waals surface area contributed by atoms with Crippen molar-refractivity contribution in [3.63, 3.8) is 0 Å². The third-order valence-electron chi connectivity index (χ3n) is 1.13. The van der Waals surface area contributed by atoms with E-state index in [4.69, 9.17) is 5.11 Å². The first kappa shape index (κ1) is 8.70. The van der Waals surface area contributed by atoms with E-state index < -0.39 is 6.30 Å². The average Bonchev–Trinajstić information content (AvgIpc) is 1.82. The number of anilines is 1. The van der Waals surface area contributed by atoms with Gasteiger partial charge in [0.25, 0.3) is 0 Å². The van der Waals surface area contributed by atoms with E-state index >= 15 is 0 Å². The van der Waals surface area contributed by atoms with Crippen molar-refractivity contribution in [3.05, 3.63) is 24.3 Å². The molecule has 1 aromatic rings. The minimum atomic E-state index is -4.46. The number of phenols is 1. The number of halogens is 3. The lowest BCUT2D eigenvalue weighted by Gasteiger charge is -2.09. The van der Waals surface area contributed by atoms with Crippen LogP contribution in [-0.2, 0) is 0 Å². The first-order valence-corrected chi connectivity index (χ1v) is 3.11. The van der Waals surface area contributed by atoms with Crippen LogP contribution in [-0.4, -0.2) is 11.4 Å². The summed E-state index contributed by atoms with van der Waals surface area (Å²) < 4.78 is 35.0. The minimum Gasteiger partial charge on any atom is -0.508 e. The van der Waals surface area contributed by atoms with Crippen molar-refractivity contribution in [1.29, 1.82) is 0 Å². The van der Waals surface area contributed by atoms with Crippen molar-refractivity contribution in [2.45, 2.75) is 6.30 Å². The maximum Gasteiger partial charge on any atom is 0.482 e. The molecule has 2 N–H and O–H groups in total. The summed E-state index contributed by atoms with van der Waals surface area (Å²) in [6.45, 7) is 0. The number of nitrogens with one attached hydrogen (secondary N) is 1. The van der Waals surface area contributed by atoms with Gasteiger partial charge in [0.15, 0.2) is 0 Å².